The lowest BCUT2D eigenvalue weighted by atomic mass is 9.89. The molecule has 0 aromatic heterocycles. The molecule has 1 aliphatic rings. The van der Waals surface area contributed by atoms with E-state index in [4.69, 9.17) is 4.74 Å². The summed E-state index contributed by atoms with van der Waals surface area (Å²) in [4.78, 5) is 0. The minimum atomic E-state index is 0.275. The number of nitrogens with one attached hydrogen (secondary N) is 1. The van der Waals surface area contributed by atoms with Crippen LogP contribution in [0, 0.1) is 6.92 Å². The van der Waals surface area contributed by atoms with Gasteiger partial charge in [0.15, 0.2) is 0 Å². The molecular formula is C16H25NOS. The number of aryl methyl sites for hydroxylation is 1. The Labute approximate surface area is 121 Å². The van der Waals surface area contributed by atoms with Crippen LogP contribution in [0.25, 0.3) is 0 Å². The van der Waals surface area contributed by atoms with E-state index in [1.165, 1.54) is 29.7 Å². The summed E-state index contributed by atoms with van der Waals surface area (Å²) in [6.45, 7) is 7.70. The van der Waals surface area contributed by atoms with Crippen LogP contribution in [0.4, 0.5) is 0 Å². The van der Waals surface area contributed by atoms with E-state index in [2.05, 4.69) is 56.0 Å². The molecule has 106 valence electrons. The monoisotopic (exact) mass is 279 g/mol. The van der Waals surface area contributed by atoms with Gasteiger partial charge < -0.3 is 10.1 Å². The Morgan fingerprint density at radius 1 is 1.47 bits per heavy atom. The first-order valence-corrected chi connectivity index (χ1v) is 8.11. The van der Waals surface area contributed by atoms with E-state index in [0.717, 1.165) is 12.3 Å². The Balaban J connectivity index is 2.40. The molecule has 2 atom stereocenters. The van der Waals surface area contributed by atoms with Gasteiger partial charge in [-0.25, -0.2) is 0 Å². The normalized spacial score (nSPS) is 24.4. The molecule has 0 radical (unpaired) electrons. The number of benzene rings is 1. The minimum Gasteiger partial charge on any atom is -0.496 e. The zero-order valence-corrected chi connectivity index (χ0v) is 13.3. The SMILES string of the molecule is CCNC(c1cc(C)ccc1OC)C1(C)CCCS1. The van der Waals surface area contributed by atoms with Crippen molar-refractivity contribution in [3.8, 4) is 5.75 Å². The van der Waals surface area contributed by atoms with Crippen LogP contribution in [0.2, 0.25) is 0 Å². The molecule has 0 aliphatic carbocycles. The Bertz CT molecular complexity index is 427. The van der Waals surface area contributed by atoms with Crippen LogP contribution < -0.4 is 10.1 Å². The van der Waals surface area contributed by atoms with Gasteiger partial charge in [0, 0.05) is 10.3 Å². The summed E-state index contributed by atoms with van der Waals surface area (Å²) in [5.74, 6) is 2.28. The second-order valence-electron chi connectivity index (χ2n) is 5.50. The van der Waals surface area contributed by atoms with E-state index in [1.54, 1.807) is 7.11 Å². The van der Waals surface area contributed by atoms with Gasteiger partial charge in [-0.15, -0.1) is 0 Å². The van der Waals surface area contributed by atoms with E-state index in [-0.39, 0.29) is 4.75 Å². The molecule has 0 bridgehead atoms. The average Bonchev–Trinajstić information content (AvgIpc) is 2.83. The van der Waals surface area contributed by atoms with Crippen molar-refractivity contribution in [2.75, 3.05) is 19.4 Å². The highest BCUT2D eigenvalue weighted by atomic mass is 32.2. The van der Waals surface area contributed by atoms with Crippen molar-refractivity contribution in [3.63, 3.8) is 0 Å². The van der Waals surface area contributed by atoms with Gasteiger partial charge in [-0.05, 0) is 45.1 Å². The maximum atomic E-state index is 5.58. The number of rotatable bonds is 5. The van der Waals surface area contributed by atoms with Crippen LogP contribution in [0.1, 0.15) is 43.9 Å². The molecule has 2 rings (SSSR count). The highest BCUT2D eigenvalue weighted by Gasteiger charge is 2.39. The van der Waals surface area contributed by atoms with Crippen LogP contribution in [0.3, 0.4) is 0 Å². The topological polar surface area (TPSA) is 21.3 Å². The van der Waals surface area contributed by atoms with Crippen molar-refractivity contribution < 1.29 is 4.74 Å². The summed E-state index contributed by atoms with van der Waals surface area (Å²) in [6.07, 6.45) is 2.59. The van der Waals surface area contributed by atoms with Crippen LogP contribution in [-0.4, -0.2) is 24.2 Å². The molecule has 0 amide bonds. The third kappa shape index (κ3) is 3.09. The molecule has 1 N–H and O–H groups in total. The largest absolute Gasteiger partial charge is 0.496 e. The van der Waals surface area contributed by atoms with Crippen LogP contribution in [0.5, 0.6) is 5.75 Å². The smallest absolute Gasteiger partial charge is 0.123 e. The predicted octanol–water partition coefficient (Wildman–Crippen LogP) is 3.94. The number of ether oxygens (including phenoxy) is 1. The molecule has 1 aromatic carbocycles. The fraction of sp³-hybridized carbons (Fsp3) is 0.625. The molecule has 1 aromatic rings. The second-order valence-corrected chi connectivity index (χ2v) is 7.13. The first-order valence-electron chi connectivity index (χ1n) is 7.12. The van der Waals surface area contributed by atoms with Gasteiger partial charge in [0.05, 0.1) is 13.2 Å². The molecular weight excluding hydrogens is 254 g/mol. The quantitative estimate of drug-likeness (QED) is 0.882. The number of thioether (sulfide) groups is 1. The van der Waals surface area contributed by atoms with Crippen molar-refractivity contribution in [3.05, 3.63) is 29.3 Å². The molecule has 1 aliphatic heterocycles. The van der Waals surface area contributed by atoms with Crippen molar-refractivity contribution in [1.29, 1.82) is 0 Å². The highest BCUT2D eigenvalue weighted by molar-refractivity contribution is 8.00. The van der Waals surface area contributed by atoms with E-state index in [9.17, 15) is 0 Å². The second kappa shape index (κ2) is 6.19. The van der Waals surface area contributed by atoms with Gasteiger partial charge in [0.2, 0.25) is 0 Å². The van der Waals surface area contributed by atoms with E-state index in [0.29, 0.717) is 6.04 Å². The molecule has 2 unspecified atom stereocenters. The first kappa shape index (κ1) is 14.7. The number of hydrogen-bond acceptors (Lipinski definition) is 3. The molecule has 3 heteroatoms. The van der Waals surface area contributed by atoms with Gasteiger partial charge in [-0.3, -0.25) is 0 Å². The van der Waals surface area contributed by atoms with E-state index < -0.39 is 0 Å². The molecule has 19 heavy (non-hydrogen) atoms. The molecule has 0 spiro atoms. The van der Waals surface area contributed by atoms with E-state index >= 15 is 0 Å². The lowest BCUT2D eigenvalue weighted by Crippen LogP contribution is -2.37. The summed E-state index contributed by atoms with van der Waals surface area (Å²) >= 11 is 2.09. The van der Waals surface area contributed by atoms with Crippen LogP contribution >= 0.6 is 11.8 Å². The summed E-state index contributed by atoms with van der Waals surface area (Å²) in [5, 5.41) is 3.68. The first-order chi connectivity index (χ1) is 9.10. The third-order valence-electron chi connectivity index (χ3n) is 3.96. The minimum absolute atomic E-state index is 0.275. The van der Waals surface area contributed by atoms with E-state index in [1.807, 2.05) is 0 Å². The summed E-state index contributed by atoms with van der Waals surface area (Å²) in [6, 6.07) is 6.85. The Morgan fingerprint density at radius 2 is 2.26 bits per heavy atom. The van der Waals surface area contributed by atoms with Gasteiger partial charge in [0.1, 0.15) is 5.75 Å². The Morgan fingerprint density at radius 3 is 2.84 bits per heavy atom. The van der Waals surface area contributed by atoms with Gasteiger partial charge in [-0.1, -0.05) is 24.6 Å². The molecule has 1 fully saturated rings. The lowest BCUT2D eigenvalue weighted by Gasteiger charge is -2.35. The zero-order valence-electron chi connectivity index (χ0n) is 12.5. The van der Waals surface area contributed by atoms with Crippen LogP contribution in [0.15, 0.2) is 18.2 Å². The molecule has 0 saturated carbocycles. The van der Waals surface area contributed by atoms with Crippen molar-refractivity contribution in [2.45, 2.75) is 44.4 Å². The lowest BCUT2D eigenvalue weighted by molar-refractivity contribution is 0.375. The maximum absolute atomic E-state index is 5.58. The molecule has 2 nitrogen and oxygen atoms in total. The molecule has 1 saturated heterocycles. The fourth-order valence-corrected chi connectivity index (χ4v) is 4.39. The van der Waals surface area contributed by atoms with Gasteiger partial charge >= 0.3 is 0 Å². The van der Waals surface area contributed by atoms with Crippen LogP contribution in [-0.2, 0) is 0 Å². The Kier molecular flexibility index (Phi) is 4.80. The summed E-state index contributed by atoms with van der Waals surface area (Å²) < 4.78 is 5.86. The van der Waals surface area contributed by atoms with Gasteiger partial charge in [0.25, 0.3) is 0 Å². The van der Waals surface area contributed by atoms with Crippen molar-refractivity contribution in [1.82, 2.24) is 5.32 Å². The summed E-state index contributed by atoms with van der Waals surface area (Å²) in [5.41, 5.74) is 2.60. The average molecular weight is 279 g/mol. The Hall–Kier alpha value is -0.670. The predicted molar refractivity (Wildman–Crippen MR) is 84.2 cm³/mol. The maximum Gasteiger partial charge on any atom is 0.123 e. The summed E-state index contributed by atoms with van der Waals surface area (Å²) in [7, 11) is 1.77. The number of hydrogen-bond donors (Lipinski definition) is 1. The number of methoxy groups -OCH3 is 1. The zero-order chi connectivity index (χ0) is 13.9. The molecule has 1 heterocycles. The van der Waals surface area contributed by atoms with Crippen molar-refractivity contribution >= 4 is 11.8 Å². The van der Waals surface area contributed by atoms with Crippen molar-refractivity contribution in [2.24, 2.45) is 0 Å². The standard InChI is InChI=1S/C16H25NOS/c1-5-17-15(16(3)9-6-10-19-16)13-11-12(2)7-8-14(13)18-4/h7-8,11,15,17H,5-6,9-10H2,1-4H3. The van der Waals surface area contributed by atoms with Gasteiger partial charge in [-0.2, -0.15) is 11.8 Å². The third-order valence-corrected chi connectivity index (χ3v) is 5.56. The highest BCUT2D eigenvalue weighted by Crippen LogP contribution is 2.48. The fourth-order valence-electron chi connectivity index (χ4n) is 2.97.